The molecule has 1 aliphatic heterocycles. The lowest BCUT2D eigenvalue weighted by molar-refractivity contribution is 0.0140. The number of nitrogens with zero attached hydrogens (tertiary/aromatic N) is 3. The molecule has 2 heterocycles. The Kier molecular flexibility index (Phi) is 5.41. The molecule has 27 heavy (non-hydrogen) atoms. The number of benzene rings is 1. The molecule has 1 aromatic carbocycles. The van der Waals surface area contributed by atoms with Crippen LogP contribution in [0.1, 0.15) is 31.3 Å². The van der Waals surface area contributed by atoms with Crippen LogP contribution in [0.5, 0.6) is 0 Å². The van der Waals surface area contributed by atoms with Crippen LogP contribution in [0.15, 0.2) is 30.3 Å². The molecule has 2 amide bonds. The molecule has 0 radical (unpaired) electrons. The summed E-state index contributed by atoms with van der Waals surface area (Å²) in [5, 5.41) is 7.66. The summed E-state index contributed by atoms with van der Waals surface area (Å²) in [6.45, 7) is 7.29. The third-order valence-electron chi connectivity index (χ3n) is 4.17. The van der Waals surface area contributed by atoms with Crippen LogP contribution in [0.25, 0.3) is 11.3 Å². The second kappa shape index (κ2) is 7.60. The molecule has 7 nitrogen and oxygen atoms in total. The van der Waals surface area contributed by atoms with Gasteiger partial charge >= 0.3 is 6.09 Å². The van der Waals surface area contributed by atoms with E-state index in [9.17, 15) is 9.59 Å². The fraction of sp³-hybridized carbons (Fsp3) is 0.421. The Bertz CT molecular complexity index is 818. The van der Waals surface area contributed by atoms with Crippen molar-refractivity contribution in [3.8, 4) is 11.3 Å². The maximum absolute atomic E-state index is 12.7. The molecule has 3 rings (SSSR count). The Morgan fingerprint density at radius 1 is 1.07 bits per heavy atom. The van der Waals surface area contributed by atoms with E-state index in [0.717, 1.165) is 5.56 Å². The van der Waals surface area contributed by atoms with Gasteiger partial charge in [0.1, 0.15) is 11.3 Å². The molecular weight excluding hydrogens is 368 g/mol. The molecule has 144 valence electrons. The number of H-pyrrole nitrogens is 1. The number of hydrogen-bond acceptors (Lipinski definition) is 4. The van der Waals surface area contributed by atoms with Crippen LogP contribution in [-0.2, 0) is 4.74 Å². The third-order valence-corrected chi connectivity index (χ3v) is 4.42. The lowest BCUT2D eigenvalue weighted by Gasteiger charge is -2.35. The van der Waals surface area contributed by atoms with Crippen molar-refractivity contribution in [3.63, 3.8) is 0 Å². The minimum absolute atomic E-state index is 0.133. The first-order valence-electron chi connectivity index (χ1n) is 8.81. The summed E-state index contributed by atoms with van der Waals surface area (Å²) in [7, 11) is 0. The Hall–Kier alpha value is -2.54. The van der Waals surface area contributed by atoms with Gasteiger partial charge in [-0.2, -0.15) is 5.10 Å². The predicted octanol–water partition coefficient (Wildman–Crippen LogP) is 3.42. The molecule has 0 saturated carbocycles. The fourth-order valence-corrected chi connectivity index (χ4v) is 2.91. The first kappa shape index (κ1) is 19.2. The smallest absolute Gasteiger partial charge is 0.410 e. The normalized spacial score (nSPS) is 15.0. The highest BCUT2D eigenvalue weighted by Gasteiger charge is 2.28. The van der Waals surface area contributed by atoms with Crippen molar-refractivity contribution in [2.75, 3.05) is 26.2 Å². The maximum atomic E-state index is 12.7. The predicted molar refractivity (Wildman–Crippen MR) is 103 cm³/mol. The van der Waals surface area contributed by atoms with Crippen molar-refractivity contribution in [3.05, 3.63) is 41.0 Å². The van der Waals surface area contributed by atoms with Gasteiger partial charge in [0.05, 0.1) is 5.69 Å². The minimum Gasteiger partial charge on any atom is -0.444 e. The monoisotopic (exact) mass is 390 g/mol. The molecule has 0 spiro atoms. The lowest BCUT2D eigenvalue weighted by atomic mass is 10.1. The Labute approximate surface area is 163 Å². The van der Waals surface area contributed by atoms with Crippen LogP contribution in [0.2, 0.25) is 5.02 Å². The molecule has 1 saturated heterocycles. The van der Waals surface area contributed by atoms with Crippen LogP contribution in [-0.4, -0.2) is 63.8 Å². The largest absolute Gasteiger partial charge is 0.444 e. The van der Waals surface area contributed by atoms with E-state index in [2.05, 4.69) is 10.2 Å². The molecule has 0 unspecified atom stereocenters. The van der Waals surface area contributed by atoms with Crippen LogP contribution in [0, 0.1) is 0 Å². The minimum atomic E-state index is -0.530. The average molecular weight is 391 g/mol. The number of carbonyl (C=O) groups is 2. The Balaban J connectivity index is 1.60. The summed E-state index contributed by atoms with van der Waals surface area (Å²) in [6, 6.07) is 9.00. The molecule has 1 fully saturated rings. The van der Waals surface area contributed by atoms with Crippen LogP contribution in [0.3, 0.4) is 0 Å². The van der Waals surface area contributed by atoms with Crippen molar-refractivity contribution in [2.45, 2.75) is 26.4 Å². The summed E-state index contributed by atoms with van der Waals surface area (Å²) in [6.07, 6.45) is -0.346. The molecule has 1 N–H and O–H groups in total. The number of halogens is 1. The quantitative estimate of drug-likeness (QED) is 0.852. The number of nitrogens with one attached hydrogen (secondary N) is 1. The van der Waals surface area contributed by atoms with Crippen molar-refractivity contribution in [1.29, 1.82) is 0 Å². The van der Waals surface area contributed by atoms with Gasteiger partial charge in [0.25, 0.3) is 5.91 Å². The number of amides is 2. The van der Waals surface area contributed by atoms with Crippen molar-refractivity contribution in [1.82, 2.24) is 20.0 Å². The van der Waals surface area contributed by atoms with E-state index in [4.69, 9.17) is 16.3 Å². The topological polar surface area (TPSA) is 78.5 Å². The van der Waals surface area contributed by atoms with Crippen LogP contribution in [0.4, 0.5) is 4.79 Å². The van der Waals surface area contributed by atoms with E-state index < -0.39 is 5.60 Å². The molecule has 0 aliphatic carbocycles. The SMILES string of the molecule is CC(C)(C)OC(=O)N1CCN(C(=O)c2cc(-c3ccc(Cl)cc3)n[nH]2)CC1. The van der Waals surface area contributed by atoms with E-state index >= 15 is 0 Å². The highest BCUT2D eigenvalue weighted by molar-refractivity contribution is 6.30. The first-order valence-corrected chi connectivity index (χ1v) is 9.19. The first-order chi connectivity index (χ1) is 12.7. The standard InChI is InChI=1S/C19H23ClN4O3/c1-19(2,3)27-18(26)24-10-8-23(9-11-24)17(25)16-12-15(21-22-16)13-4-6-14(20)7-5-13/h4-7,12H,8-11H2,1-3H3,(H,21,22). The molecule has 2 aromatic rings. The van der Waals surface area contributed by atoms with Gasteiger partial charge in [-0.05, 0) is 39.0 Å². The number of hydrogen-bond donors (Lipinski definition) is 1. The van der Waals surface area contributed by atoms with Crippen molar-refractivity contribution < 1.29 is 14.3 Å². The summed E-state index contributed by atoms with van der Waals surface area (Å²) < 4.78 is 5.38. The van der Waals surface area contributed by atoms with E-state index in [-0.39, 0.29) is 12.0 Å². The van der Waals surface area contributed by atoms with Crippen molar-refractivity contribution >= 4 is 23.6 Å². The van der Waals surface area contributed by atoms with Crippen molar-refractivity contribution in [2.24, 2.45) is 0 Å². The van der Waals surface area contributed by atoms with Gasteiger partial charge in [0.2, 0.25) is 0 Å². The number of carbonyl (C=O) groups excluding carboxylic acids is 2. The number of aromatic nitrogens is 2. The average Bonchev–Trinajstić information content (AvgIpc) is 3.10. The number of ether oxygens (including phenoxy) is 1. The zero-order valence-corrected chi connectivity index (χ0v) is 16.4. The van der Waals surface area contributed by atoms with Gasteiger partial charge in [-0.15, -0.1) is 0 Å². The number of rotatable bonds is 2. The van der Waals surface area contributed by atoms with Crippen LogP contribution < -0.4 is 0 Å². The molecular formula is C19H23ClN4O3. The van der Waals surface area contributed by atoms with Gasteiger partial charge in [-0.3, -0.25) is 9.89 Å². The van der Waals surface area contributed by atoms with Gasteiger partial charge in [0.15, 0.2) is 0 Å². The zero-order valence-electron chi connectivity index (χ0n) is 15.7. The van der Waals surface area contributed by atoms with E-state index in [1.54, 1.807) is 28.0 Å². The summed E-state index contributed by atoms with van der Waals surface area (Å²) in [5.74, 6) is -0.133. The molecule has 0 atom stereocenters. The molecule has 8 heteroatoms. The summed E-state index contributed by atoms with van der Waals surface area (Å²) >= 11 is 5.90. The van der Waals surface area contributed by atoms with E-state index in [1.165, 1.54) is 0 Å². The second-order valence-corrected chi connectivity index (χ2v) is 7.87. The van der Waals surface area contributed by atoms with Gasteiger partial charge < -0.3 is 14.5 Å². The third kappa shape index (κ3) is 4.80. The van der Waals surface area contributed by atoms with Crippen LogP contribution >= 0.6 is 11.6 Å². The van der Waals surface area contributed by atoms with E-state index in [1.807, 2.05) is 32.9 Å². The molecule has 0 bridgehead atoms. The highest BCUT2D eigenvalue weighted by atomic mass is 35.5. The Morgan fingerprint density at radius 3 is 2.26 bits per heavy atom. The Morgan fingerprint density at radius 2 is 1.67 bits per heavy atom. The van der Waals surface area contributed by atoms with Gasteiger partial charge in [-0.25, -0.2) is 4.79 Å². The van der Waals surface area contributed by atoms with E-state index in [0.29, 0.717) is 42.6 Å². The maximum Gasteiger partial charge on any atom is 0.410 e. The molecule has 1 aliphatic rings. The molecule has 1 aromatic heterocycles. The van der Waals surface area contributed by atoms with Gasteiger partial charge in [-0.1, -0.05) is 23.7 Å². The van der Waals surface area contributed by atoms with Gasteiger partial charge in [0, 0.05) is 36.8 Å². The fourth-order valence-electron chi connectivity index (χ4n) is 2.79. The highest BCUT2D eigenvalue weighted by Crippen LogP contribution is 2.21. The summed E-state index contributed by atoms with van der Waals surface area (Å²) in [4.78, 5) is 28.2. The summed E-state index contributed by atoms with van der Waals surface area (Å²) in [5.41, 5.74) is 1.45. The lowest BCUT2D eigenvalue weighted by Crippen LogP contribution is -2.51. The second-order valence-electron chi connectivity index (χ2n) is 7.43. The number of aromatic amines is 1. The number of piperazine rings is 1. The zero-order chi connectivity index (χ0) is 19.6.